The molecule has 1 aromatic rings. The number of anilines is 1. The molecule has 1 fully saturated rings. The molecule has 0 radical (unpaired) electrons. The minimum Gasteiger partial charge on any atom is -0.398 e. The summed E-state index contributed by atoms with van der Waals surface area (Å²) >= 11 is 3.02. The van der Waals surface area contributed by atoms with Crippen molar-refractivity contribution >= 4 is 38.8 Å². The van der Waals surface area contributed by atoms with Gasteiger partial charge in [0.25, 0.3) is 0 Å². The Bertz CT molecular complexity index is 464. The minimum atomic E-state index is -3.36. The van der Waals surface area contributed by atoms with Crippen molar-refractivity contribution in [1.82, 2.24) is 4.72 Å². The third-order valence-corrected chi connectivity index (χ3v) is 6.92. The van der Waals surface area contributed by atoms with E-state index in [1.165, 1.54) is 18.9 Å². The van der Waals surface area contributed by atoms with Gasteiger partial charge in [0, 0.05) is 22.9 Å². The Labute approximate surface area is 110 Å². The predicted molar refractivity (Wildman–Crippen MR) is 74.0 cm³/mol. The van der Waals surface area contributed by atoms with E-state index in [4.69, 9.17) is 5.73 Å². The number of nitrogen functional groups attached to an aromatic ring is 1. The number of sulfonamides is 1. The third kappa shape index (κ3) is 3.61. The Kier molecular flexibility index (Phi) is 4.35. The van der Waals surface area contributed by atoms with E-state index in [0.29, 0.717) is 21.7 Å². The van der Waals surface area contributed by atoms with Crippen molar-refractivity contribution < 1.29 is 8.42 Å². The molecule has 4 nitrogen and oxygen atoms in total. The molecule has 1 atom stereocenters. The maximum Gasteiger partial charge on any atom is 0.250 e. The van der Waals surface area contributed by atoms with Crippen molar-refractivity contribution in [3.63, 3.8) is 0 Å². The smallest absolute Gasteiger partial charge is 0.250 e. The lowest BCUT2D eigenvalue weighted by Crippen LogP contribution is -2.31. The number of nitrogens with one attached hydrogen (secondary N) is 1. The lowest BCUT2D eigenvalue weighted by atomic mass is 10.2. The van der Waals surface area contributed by atoms with Crippen LogP contribution in [0.5, 0.6) is 0 Å². The highest BCUT2D eigenvalue weighted by molar-refractivity contribution is 8.00. The van der Waals surface area contributed by atoms with Crippen molar-refractivity contribution in [2.24, 2.45) is 0 Å². The molecule has 1 aliphatic rings. The fourth-order valence-corrected chi connectivity index (χ4v) is 5.26. The van der Waals surface area contributed by atoms with Gasteiger partial charge in [-0.1, -0.05) is 6.42 Å². The SMILES string of the molecule is Nc1csc(S(=O)(=O)NCC2CCCCS2)c1. The van der Waals surface area contributed by atoms with E-state index < -0.39 is 10.0 Å². The fraction of sp³-hybridized carbons (Fsp3) is 0.600. The first-order valence-corrected chi connectivity index (χ1v) is 8.94. The summed E-state index contributed by atoms with van der Waals surface area (Å²) in [5.41, 5.74) is 6.03. The molecule has 96 valence electrons. The zero-order chi connectivity index (χ0) is 12.3. The van der Waals surface area contributed by atoms with Gasteiger partial charge in [-0.25, -0.2) is 13.1 Å². The summed E-state index contributed by atoms with van der Waals surface area (Å²) < 4.78 is 26.8. The van der Waals surface area contributed by atoms with Crippen LogP contribution >= 0.6 is 23.1 Å². The molecule has 2 heterocycles. The molecule has 17 heavy (non-hydrogen) atoms. The second-order valence-electron chi connectivity index (χ2n) is 4.04. The first kappa shape index (κ1) is 13.2. The van der Waals surface area contributed by atoms with Crippen LogP contribution in [0.2, 0.25) is 0 Å². The summed E-state index contributed by atoms with van der Waals surface area (Å²) in [5.74, 6) is 1.14. The third-order valence-electron chi connectivity index (χ3n) is 2.64. The molecule has 0 spiro atoms. The van der Waals surface area contributed by atoms with Crippen molar-refractivity contribution in [1.29, 1.82) is 0 Å². The van der Waals surface area contributed by atoms with Gasteiger partial charge in [0.2, 0.25) is 10.0 Å². The molecule has 1 aromatic heterocycles. The monoisotopic (exact) mass is 292 g/mol. The summed E-state index contributed by atoms with van der Waals surface area (Å²) in [7, 11) is -3.36. The highest BCUT2D eigenvalue weighted by Crippen LogP contribution is 2.25. The first-order chi connectivity index (χ1) is 8.08. The van der Waals surface area contributed by atoms with E-state index in [1.54, 1.807) is 5.38 Å². The Hall–Kier alpha value is -0.240. The number of nitrogens with two attached hydrogens (primary N) is 1. The van der Waals surface area contributed by atoms with Crippen LogP contribution in [-0.2, 0) is 10.0 Å². The minimum absolute atomic E-state index is 0.302. The average molecular weight is 292 g/mol. The zero-order valence-corrected chi connectivity index (χ0v) is 11.8. The fourth-order valence-electron chi connectivity index (χ4n) is 1.71. The molecule has 0 bridgehead atoms. The number of hydrogen-bond donors (Lipinski definition) is 2. The summed E-state index contributed by atoms with van der Waals surface area (Å²) in [4.78, 5) is 0. The van der Waals surface area contributed by atoms with E-state index in [9.17, 15) is 8.42 Å². The summed E-state index contributed by atoms with van der Waals surface area (Å²) in [6.45, 7) is 0.519. The molecule has 0 saturated carbocycles. The van der Waals surface area contributed by atoms with Gasteiger partial charge in [-0.2, -0.15) is 11.8 Å². The molecule has 0 amide bonds. The maximum atomic E-state index is 11.9. The lowest BCUT2D eigenvalue weighted by Gasteiger charge is -2.21. The molecule has 1 aliphatic heterocycles. The van der Waals surface area contributed by atoms with Crippen molar-refractivity contribution in [3.05, 3.63) is 11.4 Å². The number of rotatable bonds is 4. The predicted octanol–water partition coefficient (Wildman–Crippen LogP) is 1.89. The standard InChI is InChI=1S/C10H16N2O2S3/c11-8-5-10(16-7-8)17(13,14)12-6-9-3-1-2-4-15-9/h5,7,9,12H,1-4,6,11H2. The summed E-state index contributed by atoms with van der Waals surface area (Å²) in [5, 5.41) is 2.06. The Morgan fingerprint density at radius 3 is 2.88 bits per heavy atom. The topological polar surface area (TPSA) is 72.2 Å². The van der Waals surface area contributed by atoms with Crippen molar-refractivity contribution in [2.75, 3.05) is 18.0 Å². The van der Waals surface area contributed by atoms with Crippen molar-refractivity contribution in [3.8, 4) is 0 Å². The Morgan fingerprint density at radius 2 is 2.29 bits per heavy atom. The summed E-state index contributed by atoms with van der Waals surface area (Å²) in [6, 6.07) is 1.50. The van der Waals surface area contributed by atoms with E-state index in [0.717, 1.165) is 23.5 Å². The lowest BCUT2D eigenvalue weighted by molar-refractivity contribution is 0.576. The van der Waals surface area contributed by atoms with Gasteiger partial charge >= 0.3 is 0 Å². The van der Waals surface area contributed by atoms with Crippen LogP contribution in [0.1, 0.15) is 19.3 Å². The average Bonchev–Trinajstić information content (AvgIpc) is 2.76. The molecule has 1 saturated heterocycles. The van der Waals surface area contributed by atoms with E-state index in [-0.39, 0.29) is 0 Å². The quantitative estimate of drug-likeness (QED) is 0.889. The van der Waals surface area contributed by atoms with Crippen LogP contribution in [0.4, 0.5) is 5.69 Å². The highest BCUT2D eigenvalue weighted by Gasteiger charge is 2.20. The van der Waals surface area contributed by atoms with Gasteiger partial charge < -0.3 is 5.73 Å². The van der Waals surface area contributed by atoms with Crippen LogP contribution < -0.4 is 10.5 Å². The zero-order valence-electron chi connectivity index (χ0n) is 9.39. The van der Waals surface area contributed by atoms with E-state index in [2.05, 4.69) is 4.72 Å². The molecular formula is C10H16N2O2S3. The molecule has 7 heteroatoms. The number of thioether (sulfide) groups is 1. The Morgan fingerprint density at radius 1 is 1.47 bits per heavy atom. The number of hydrogen-bond acceptors (Lipinski definition) is 5. The molecule has 1 unspecified atom stereocenters. The van der Waals surface area contributed by atoms with E-state index in [1.807, 2.05) is 11.8 Å². The van der Waals surface area contributed by atoms with Gasteiger partial charge in [0.1, 0.15) is 4.21 Å². The van der Waals surface area contributed by atoms with Crippen LogP contribution in [0, 0.1) is 0 Å². The molecule has 3 N–H and O–H groups in total. The molecule has 0 aromatic carbocycles. The highest BCUT2D eigenvalue weighted by atomic mass is 32.2. The maximum absolute atomic E-state index is 11.9. The van der Waals surface area contributed by atoms with Gasteiger partial charge in [0.05, 0.1) is 0 Å². The van der Waals surface area contributed by atoms with Gasteiger partial charge in [-0.3, -0.25) is 0 Å². The van der Waals surface area contributed by atoms with Crippen LogP contribution in [0.3, 0.4) is 0 Å². The molecular weight excluding hydrogens is 276 g/mol. The molecule has 0 aliphatic carbocycles. The normalized spacial score (nSPS) is 21.5. The van der Waals surface area contributed by atoms with Crippen LogP contribution in [-0.4, -0.2) is 26.0 Å². The van der Waals surface area contributed by atoms with Crippen LogP contribution in [0.15, 0.2) is 15.7 Å². The van der Waals surface area contributed by atoms with Gasteiger partial charge in [-0.15, -0.1) is 11.3 Å². The second kappa shape index (κ2) is 5.60. The largest absolute Gasteiger partial charge is 0.398 e. The van der Waals surface area contributed by atoms with Crippen molar-refractivity contribution in [2.45, 2.75) is 28.7 Å². The van der Waals surface area contributed by atoms with E-state index >= 15 is 0 Å². The molecule has 2 rings (SSSR count). The Balaban J connectivity index is 1.93. The van der Waals surface area contributed by atoms with Gasteiger partial charge in [-0.05, 0) is 24.7 Å². The second-order valence-corrected chi connectivity index (χ2v) is 8.35. The number of thiophene rings is 1. The van der Waals surface area contributed by atoms with Crippen LogP contribution in [0.25, 0.3) is 0 Å². The first-order valence-electron chi connectivity index (χ1n) is 5.53. The van der Waals surface area contributed by atoms with Gasteiger partial charge in [0.15, 0.2) is 0 Å². The summed E-state index contributed by atoms with van der Waals surface area (Å²) in [6.07, 6.45) is 3.54.